The third-order valence-electron chi connectivity index (χ3n) is 5.71. The number of benzene rings is 1. The molecular weight excluding hydrogens is 383 g/mol. The predicted molar refractivity (Wildman–Crippen MR) is 116 cm³/mol. The highest BCUT2D eigenvalue weighted by molar-refractivity contribution is 5.84. The zero-order valence-electron chi connectivity index (χ0n) is 16.8. The van der Waals surface area contributed by atoms with E-state index in [9.17, 15) is 9.18 Å². The largest absolute Gasteiger partial charge is 0.422 e. The molecule has 6 nitrogen and oxygen atoms in total. The van der Waals surface area contributed by atoms with Crippen molar-refractivity contribution in [2.45, 2.75) is 13.3 Å². The molecule has 0 spiro atoms. The monoisotopic (exact) mass is 406 g/mol. The summed E-state index contributed by atoms with van der Waals surface area (Å²) in [4.78, 5) is 21.7. The first kappa shape index (κ1) is 18.8. The molecule has 1 aliphatic heterocycles. The number of nitrogens with zero attached hydrogens (tertiary/aromatic N) is 4. The fraction of sp³-hybridized carbons (Fsp3) is 0.304. The van der Waals surface area contributed by atoms with Gasteiger partial charge in [-0.05, 0) is 43.3 Å². The lowest BCUT2D eigenvalue weighted by molar-refractivity contribution is 0.258. The number of anilines is 1. The zero-order chi connectivity index (χ0) is 20.7. The number of piperazine rings is 1. The molecule has 1 fully saturated rings. The van der Waals surface area contributed by atoms with Crippen LogP contribution in [0.3, 0.4) is 0 Å². The van der Waals surface area contributed by atoms with Gasteiger partial charge in [0.25, 0.3) is 0 Å². The van der Waals surface area contributed by atoms with Gasteiger partial charge in [0, 0.05) is 55.7 Å². The lowest BCUT2D eigenvalue weighted by atomic mass is 10.1. The molecular formula is C23H23FN4O2. The Bertz CT molecular complexity index is 1270. The van der Waals surface area contributed by atoms with Crippen LogP contribution in [0.2, 0.25) is 0 Å². The SMILES string of the molecule is CCCN1CCN(c2ccc3cc(-c4cn5cccc(F)c5n4)c(=O)oc3c2)CC1. The molecule has 5 rings (SSSR count). The molecule has 1 aromatic carbocycles. The Balaban J connectivity index is 1.47. The molecule has 0 atom stereocenters. The lowest BCUT2D eigenvalue weighted by Gasteiger charge is -2.36. The van der Waals surface area contributed by atoms with Crippen LogP contribution in [0.15, 0.2) is 58.0 Å². The number of pyridine rings is 1. The summed E-state index contributed by atoms with van der Waals surface area (Å²) in [5, 5.41) is 0.815. The van der Waals surface area contributed by atoms with Crippen LogP contribution in [0.25, 0.3) is 27.9 Å². The summed E-state index contributed by atoms with van der Waals surface area (Å²) >= 11 is 0. The average Bonchev–Trinajstić information content (AvgIpc) is 3.19. The summed E-state index contributed by atoms with van der Waals surface area (Å²) in [6.07, 6.45) is 4.51. The van der Waals surface area contributed by atoms with Crippen molar-refractivity contribution in [2.24, 2.45) is 0 Å². The standard InChI is InChI=1S/C23H23FN4O2/c1-2-7-26-9-11-27(12-10-26)17-6-5-16-13-18(23(29)30-21(16)14-17)20-15-28-8-3-4-19(24)22(28)25-20/h3-6,8,13-15H,2,7,9-12H2,1H3. The first-order valence-electron chi connectivity index (χ1n) is 10.3. The molecule has 4 heterocycles. The maximum absolute atomic E-state index is 14.0. The summed E-state index contributed by atoms with van der Waals surface area (Å²) in [6, 6.07) is 10.7. The summed E-state index contributed by atoms with van der Waals surface area (Å²) in [5.74, 6) is -0.433. The van der Waals surface area contributed by atoms with Gasteiger partial charge in [0.1, 0.15) is 5.58 Å². The van der Waals surface area contributed by atoms with Gasteiger partial charge in [0.2, 0.25) is 0 Å². The minimum atomic E-state index is -0.476. The molecule has 0 aliphatic carbocycles. The number of rotatable bonds is 4. The molecule has 0 amide bonds. The Morgan fingerprint density at radius 1 is 1.13 bits per heavy atom. The van der Waals surface area contributed by atoms with E-state index in [-0.39, 0.29) is 5.65 Å². The minimum Gasteiger partial charge on any atom is -0.422 e. The topological polar surface area (TPSA) is 54.0 Å². The number of hydrogen-bond acceptors (Lipinski definition) is 5. The summed E-state index contributed by atoms with van der Waals surface area (Å²) in [6.45, 7) is 7.34. The zero-order valence-corrected chi connectivity index (χ0v) is 16.8. The molecule has 3 aromatic heterocycles. The molecule has 0 unspecified atom stereocenters. The molecule has 1 saturated heterocycles. The van der Waals surface area contributed by atoms with Gasteiger partial charge in [0.15, 0.2) is 11.5 Å². The molecule has 0 radical (unpaired) electrons. The van der Waals surface area contributed by atoms with Crippen LogP contribution in [-0.2, 0) is 0 Å². The summed E-state index contributed by atoms with van der Waals surface area (Å²) in [5.41, 5.74) is 2.04. The molecule has 1 aliphatic rings. The second-order valence-electron chi connectivity index (χ2n) is 7.71. The van der Waals surface area contributed by atoms with Crippen LogP contribution in [0.5, 0.6) is 0 Å². The quantitative estimate of drug-likeness (QED) is 0.483. The van der Waals surface area contributed by atoms with Crippen molar-refractivity contribution in [1.29, 1.82) is 0 Å². The molecule has 0 N–H and O–H groups in total. The van der Waals surface area contributed by atoms with Crippen LogP contribution in [0.1, 0.15) is 13.3 Å². The van der Waals surface area contributed by atoms with Gasteiger partial charge in [-0.1, -0.05) is 6.92 Å². The molecule has 0 bridgehead atoms. The minimum absolute atomic E-state index is 0.185. The van der Waals surface area contributed by atoms with E-state index in [4.69, 9.17) is 4.42 Å². The van der Waals surface area contributed by atoms with Gasteiger partial charge < -0.3 is 13.7 Å². The normalized spacial score (nSPS) is 15.3. The van der Waals surface area contributed by atoms with E-state index in [0.717, 1.165) is 43.8 Å². The van der Waals surface area contributed by atoms with Crippen molar-refractivity contribution in [3.8, 4) is 11.3 Å². The van der Waals surface area contributed by atoms with E-state index in [1.54, 1.807) is 28.9 Å². The van der Waals surface area contributed by atoms with Crippen LogP contribution in [0.4, 0.5) is 10.1 Å². The molecule has 4 aromatic rings. The maximum Gasteiger partial charge on any atom is 0.345 e. The fourth-order valence-electron chi connectivity index (χ4n) is 4.13. The Morgan fingerprint density at radius 2 is 1.97 bits per heavy atom. The Hall–Kier alpha value is -3.19. The van der Waals surface area contributed by atoms with Crippen molar-refractivity contribution in [1.82, 2.24) is 14.3 Å². The predicted octanol–water partition coefficient (Wildman–Crippen LogP) is 3.78. The third-order valence-corrected chi connectivity index (χ3v) is 5.71. The van der Waals surface area contributed by atoms with E-state index in [1.807, 2.05) is 12.1 Å². The van der Waals surface area contributed by atoms with Gasteiger partial charge in [-0.2, -0.15) is 0 Å². The fourth-order valence-corrected chi connectivity index (χ4v) is 4.13. The highest BCUT2D eigenvalue weighted by Crippen LogP contribution is 2.26. The Kier molecular flexibility index (Phi) is 4.75. The summed E-state index contributed by atoms with van der Waals surface area (Å²) in [7, 11) is 0. The lowest BCUT2D eigenvalue weighted by Crippen LogP contribution is -2.46. The van der Waals surface area contributed by atoms with Gasteiger partial charge in [-0.25, -0.2) is 14.2 Å². The average molecular weight is 406 g/mol. The summed E-state index contributed by atoms with van der Waals surface area (Å²) < 4.78 is 21.2. The van der Waals surface area contributed by atoms with Crippen LogP contribution >= 0.6 is 0 Å². The van der Waals surface area contributed by atoms with Crippen molar-refractivity contribution in [3.63, 3.8) is 0 Å². The highest BCUT2D eigenvalue weighted by atomic mass is 19.1. The number of aromatic nitrogens is 2. The third kappa shape index (κ3) is 3.35. The first-order valence-corrected chi connectivity index (χ1v) is 10.3. The number of fused-ring (bicyclic) bond motifs is 2. The van der Waals surface area contributed by atoms with E-state index < -0.39 is 11.4 Å². The maximum atomic E-state index is 14.0. The van der Waals surface area contributed by atoms with Gasteiger partial charge in [-0.15, -0.1) is 0 Å². The molecule has 30 heavy (non-hydrogen) atoms. The Morgan fingerprint density at radius 3 is 2.73 bits per heavy atom. The van der Waals surface area contributed by atoms with Gasteiger partial charge >= 0.3 is 5.63 Å². The molecule has 7 heteroatoms. The van der Waals surface area contributed by atoms with Gasteiger partial charge in [0.05, 0.1) is 11.3 Å². The van der Waals surface area contributed by atoms with E-state index in [1.165, 1.54) is 12.5 Å². The van der Waals surface area contributed by atoms with Crippen LogP contribution < -0.4 is 10.5 Å². The van der Waals surface area contributed by atoms with Gasteiger partial charge in [-0.3, -0.25) is 4.90 Å². The number of halogens is 1. The van der Waals surface area contributed by atoms with Crippen molar-refractivity contribution >= 4 is 22.3 Å². The smallest absolute Gasteiger partial charge is 0.345 e. The van der Waals surface area contributed by atoms with Crippen LogP contribution in [0, 0.1) is 5.82 Å². The van der Waals surface area contributed by atoms with Crippen molar-refractivity contribution < 1.29 is 8.81 Å². The van der Waals surface area contributed by atoms with Crippen molar-refractivity contribution in [3.05, 3.63) is 65.0 Å². The highest BCUT2D eigenvalue weighted by Gasteiger charge is 2.18. The molecule has 154 valence electrons. The number of hydrogen-bond donors (Lipinski definition) is 0. The Labute approximate surface area is 173 Å². The second-order valence-corrected chi connectivity index (χ2v) is 7.71. The second kappa shape index (κ2) is 7.57. The molecule has 0 saturated carbocycles. The van der Waals surface area contributed by atoms with E-state index in [2.05, 4.69) is 27.8 Å². The van der Waals surface area contributed by atoms with E-state index in [0.29, 0.717) is 16.8 Å². The van der Waals surface area contributed by atoms with Crippen molar-refractivity contribution in [2.75, 3.05) is 37.6 Å². The first-order chi connectivity index (χ1) is 14.6. The van der Waals surface area contributed by atoms with Crippen LogP contribution in [-0.4, -0.2) is 47.0 Å². The van der Waals surface area contributed by atoms with E-state index >= 15 is 0 Å². The number of imidazole rings is 1.